The highest BCUT2D eigenvalue weighted by atomic mass is 16.6. The van der Waals surface area contributed by atoms with Gasteiger partial charge in [0, 0.05) is 5.56 Å². The van der Waals surface area contributed by atoms with Gasteiger partial charge in [-0.05, 0) is 44.0 Å². The quantitative estimate of drug-likeness (QED) is 0.398. The predicted octanol–water partition coefficient (Wildman–Crippen LogP) is 4.69. The van der Waals surface area contributed by atoms with Gasteiger partial charge in [-0.1, -0.05) is 47.6 Å². The van der Waals surface area contributed by atoms with Crippen LogP contribution in [0.4, 0.5) is 0 Å². The highest BCUT2D eigenvalue weighted by molar-refractivity contribution is 6.01. The van der Waals surface area contributed by atoms with Crippen LogP contribution in [-0.2, 0) is 4.84 Å². The summed E-state index contributed by atoms with van der Waals surface area (Å²) in [4.78, 5) is 4.96. The van der Waals surface area contributed by atoms with Gasteiger partial charge < -0.3 is 14.3 Å². The minimum atomic E-state index is 0.332. The Morgan fingerprint density at radius 1 is 1.04 bits per heavy atom. The topological polar surface area (TPSA) is 40.0 Å². The first kappa shape index (κ1) is 18.6. The Labute approximate surface area is 149 Å². The van der Waals surface area contributed by atoms with Crippen molar-refractivity contribution < 1.29 is 14.3 Å². The van der Waals surface area contributed by atoms with E-state index in [1.165, 1.54) is 7.11 Å². The molecule has 0 aliphatic heterocycles. The maximum atomic E-state index is 6.04. The minimum Gasteiger partial charge on any atom is -0.490 e. The van der Waals surface area contributed by atoms with Gasteiger partial charge in [0.2, 0.25) is 0 Å². The third-order valence-corrected chi connectivity index (χ3v) is 3.68. The fourth-order valence-corrected chi connectivity index (χ4v) is 2.51. The molecule has 0 aliphatic rings. The van der Waals surface area contributed by atoms with Gasteiger partial charge in [0.25, 0.3) is 0 Å². The van der Waals surface area contributed by atoms with E-state index in [1.54, 1.807) is 0 Å². The largest absolute Gasteiger partial charge is 0.490 e. The zero-order valence-corrected chi connectivity index (χ0v) is 15.3. The average molecular weight is 339 g/mol. The van der Waals surface area contributed by atoms with Gasteiger partial charge in [-0.3, -0.25) is 0 Å². The Kier molecular flexibility index (Phi) is 7.08. The van der Waals surface area contributed by atoms with Crippen molar-refractivity contribution in [1.29, 1.82) is 0 Å². The molecular formula is C21H25NO3. The first-order valence-corrected chi connectivity index (χ1v) is 8.29. The molecule has 2 rings (SSSR count). The van der Waals surface area contributed by atoms with Gasteiger partial charge in [-0.25, -0.2) is 0 Å². The highest BCUT2D eigenvalue weighted by Crippen LogP contribution is 2.28. The molecule has 4 heteroatoms. The van der Waals surface area contributed by atoms with E-state index < -0.39 is 0 Å². The van der Waals surface area contributed by atoms with Crippen LogP contribution in [0, 0.1) is 13.8 Å². The van der Waals surface area contributed by atoms with Crippen LogP contribution in [0.3, 0.4) is 0 Å². The minimum absolute atomic E-state index is 0.332. The summed E-state index contributed by atoms with van der Waals surface area (Å²) in [5.74, 6) is 1.69. The zero-order chi connectivity index (χ0) is 18.1. The van der Waals surface area contributed by atoms with E-state index in [4.69, 9.17) is 14.3 Å². The summed E-state index contributed by atoms with van der Waals surface area (Å²) in [5.41, 5.74) is 3.78. The standard InChI is InChI=1S/C21H25NO3/c1-5-6-12-24-19-13-16(2)21(17(3)14-19)25-15-20(22-23-4)18-10-8-7-9-11-18/h5-11,13-14H,12,15H2,1-4H3/b6-5+,22-20+. The predicted molar refractivity (Wildman–Crippen MR) is 102 cm³/mol. The van der Waals surface area contributed by atoms with E-state index in [0.717, 1.165) is 33.9 Å². The smallest absolute Gasteiger partial charge is 0.134 e. The van der Waals surface area contributed by atoms with E-state index in [2.05, 4.69) is 5.16 Å². The van der Waals surface area contributed by atoms with Crippen LogP contribution >= 0.6 is 0 Å². The number of hydrogen-bond acceptors (Lipinski definition) is 4. The molecule has 0 aliphatic carbocycles. The van der Waals surface area contributed by atoms with Crippen LogP contribution in [-0.4, -0.2) is 26.0 Å². The van der Waals surface area contributed by atoms with Gasteiger partial charge in [0.05, 0.1) is 0 Å². The van der Waals surface area contributed by atoms with E-state index in [-0.39, 0.29) is 0 Å². The molecule has 25 heavy (non-hydrogen) atoms. The number of oxime groups is 1. The Morgan fingerprint density at radius 2 is 1.72 bits per heavy atom. The maximum absolute atomic E-state index is 6.04. The SMILES string of the molecule is C/C=C/COc1cc(C)c(OC/C(=N\OC)c2ccccc2)c(C)c1. The van der Waals surface area contributed by atoms with Gasteiger partial charge in [0.1, 0.15) is 37.5 Å². The van der Waals surface area contributed by atoms with Crippen molar-refractivity contribution in [3.63, 3.8) is 0 Å². The Hall–Kier alpha value is -2.75. The maximum Gasteiger partial charge on any atom is 0.134 e. The molecule has 0 spiro atoms. The average Bonchev–Trinajstić information content (AvgIpc) is 2.61. The van der Waals surface area contributed by atoms with Crippen molar-refractivity contribution in [2.45, 2.75) is 20.8 Å². The van der Waals surface area contributed by atoms with E-state index >= 15 is 0 Å². The van der Waals surface area contributed by atoms with Crippen LogP contribution in [0.5, 0.6) is 11.5 Å². The van der Waals surface area contributed by atoms with Gasteiger partial charge in [-0.2, -0.15) is 0 Å². The van der Waals surface area contributed by atoms with Crippen molar-refractivity contribution in [3.8, 4) is 11.5 Å². The number of hydrogen-bond donors (Lipinski definition) is 0. The van der Waals surface area contributed by atoms with Crippen LogP contribution in [0.25, 0.3) is 0 Å². The molecule has 0 bridgehead atoms. The van der Waals surface area contributed by atoms with Crippen LogP contribution in [0.15, 0.2) is 59.8 Å². The van der Waals surface area contributed by atoms with Crippen molar-refractivity contribution in [2.75, 3.05) is 20.3 Å². The van der Waals surface area contributed by atoms with Gasteiger partial charge in [0.15, 0.2) is 0 Å². The second-order valence-electron chi connectivity index (χ2n) is 5.64. The molecule has 4 nitrogen and oxygen atoms in total. The van der Waals surface area contributed by atoms with Crippen LogP contribution < -0.4 is 9.47 Å². The summed E-state index contributed by atoms with van der Waals surface area (Å²) in [6, 6.07) is 13.8. The van der Waals surface area contributed by atoms with E-state index in [0.29, 0.717) is 13.2 Å². The fourth-order valence-electron chi connectivity index (χ4n) is 2.51. The van der Waals surface area contributed by atoms with E-state index in [9.17, 15) is 0 Å². The van der Waals surface area contributed by atoms with Gasteiger partial charge in [-0.15, -0.1) is 0 Å². The number of aryl methyl sites for hydroxylation is 2. The normalized spacial score (nSPS) is 11.6. The summed E-state index contributed by atoms with van der Waals surface area (Å²) in [6.45, 7) is 6.90. The summed E-state index contributed by atoms with van der Waals surface area (Å²) in [7, 11) is 1.54. The molecule has 0 fully saturated rings. The Morgan fingerprint density at radius 3 is 2.32 bits per heavy atom. The second-order valence-corrected chi connectivity index (χ2v) is 5.64. The van der Waals surface area contributed by atoms with Crippen molar-refractivity contribution in [3.05, 3.63) is 71.3 Å². The van der Waals surface area contributed by atoms with Crippen LogP contribution in [0.2, 0.25) is 0 Å². The monoisotopic (exact) mass is 339 g/mol. The Balaban J connectivity index is 2.12. The first-order chi connectivity index (χ1) is 12.2. The molecule has 0 heterocycles. The molecular weight excluding hydrogens is 314 g/mol. The lowest BCUT2D eigenvalue weighted by atomic mass is 10.1. The number of nitrogens with zero attached hydrogens (tertiary/aromatic N) is 1. The molecule has 0 saturated heterocycles. The molecule has 0 aromatic heterocycles. The molecule has 0 amide bonds. The summed E-state index contributed by atoms with van der Waals surface area (Å²) >= 11 is 0. The summed E-state index contributed by atoms with van der Waals surface area (Å²) < 4.78 is 11.7. The second kappa shape index (κ2) is 9.52. The van der Waals surface area contributed by atoms with Crippen molar-refractivity contribution in [2.24, 2.45) is 5.16 Å². The molecule has 0 N–H and O–H groups in total. The van der Waals surface area contributed by atoms with Crippen molar-refractivity contribution >= 4 is 5.71 Å². The molecule has 0 unspecified atom stereocenters. The highest BCUT2D eigenvalue weighted by Gasteiger charge is 2.11. The van der Waals surface area contributed by atoms with Crippen LogP contribution in [0.1, 0.15) is 23.6 Å². The fraction of sp³-hybridized carbons (Fsp3) is 0.286. The third kappa shape index (κ3) is 5.38. The lowest BCUT2D eigenvalue weighted by Crippen LogP contribution is -2.14. The number of ether oxygens (including phenoxy) is 2. The van der Waals surface area contributed by atoms with Gasteiger partial charge >= 0.3 is 0 Å². The molecule has 2 aromatic carbocycles. The number of benzene rings is 2. The van der Waals surface area contributed by atoms with Crippen molar-refractivity contribution in [1.82, 2.24) is 0 Å². The number of rotatable bonds is 8. The first-order valence-electron chi connectivity index (χ1n) is 8.29. The number of allylic oxidation sites excluding steroid dienone is 1. The third-order valence-electron chi connectivity index (χ3n) is 3.68. The van der Waals surface area contributed by atoms with E-state index in [1.807, 2.05) is 75.4 Å². The molecule has 2 aromatic rings. The lowest BCUT2D eigenvalue weighted by molar-refractivity contribution is 0.210. The molecule has 132 valence electrons. The Bertz CT molecular complexity index is 713. The summed E-state index contributed by atoms with van der Waals surface area (Å²) in [5, 5.41) is 4.10. The lowest BCUT2D eigenvalue weighted by Gasteiger charge is -2.15. The molecule has 0 saturated carbocycles. The summed E-state index contributed by atoms with van der Waals surface area (Å²) in [6.07, 6.45) is 3.94. The zero-order valence-electron chi connectivity index (χ0n) is 15.3. The molecule has 0 radical (unpaired) electrons. The molecule has 0 atom stereocenters.